The van der Waals surface area contributed by atoms with Gasteiger partial charge >= 0.3 is 0 Å². The standard InChI is InChI=1S/C16H23NO3/c1-2-6-16-14(4-1)12-17(8-11-20-16)7-10-18-13-15-5-3-9-19-15/h1-2,4,6,15H,3,5,7-13H2/t15-/m1/s1. The van der Waals surface area contributed by atoms with Gasteiger partial charge in [0, 0.05) is 31.8 Å². The molecule has 0 radical (unpaired) electrons. The van der Waals surface area contributed by atoms with E-state index in [1.54, 1.807) is 0 Å². The molecule has 2 heterocycles. The van der Waals surface area contributed by atoms with Crippen LogP contribution in [0.5, 0.6) is 5.75 Å². The van der Waals surface area contributed by atoms with Gasteiger partial charge in [0.05, 0.1) is 19.3 Å². The van der Waals surface area contributed by atoms with Crippen LogP contribution >= 0.6 is 0 Å². The van der Waals surface area contributed by atoms with E-state index in [2.05, 4.69) is 17.0 Å². The summed E-state index contributed by atoms with van der Waals surface area (Å²) in [5, 5.41) is 0. The zero-order chi connectivity index (χ0) is 13.6. The van der Waals surface area contributed by atoms with Crippen LogP contribution in [0, 0.1) is 0 Å². The molecule has 3 rings (SSSR count). The topological polar surface area (TPSA) is 30.9 Å². The molecular weight excluding hydrogens is 254 g/mol. The number of hydrogen-bond acceptors (Lipinski definition) is 4. The van der Waals surface area contributed by atoms with Gasteiger partial charge in [-0.15, -0.1) is 0 Å². The van der Waals surface area contributed by atoms with Gasteiger partial charge in [0.25, 0.3) is 0 Å². The molecule has 0 aromatic heterocycles. The number of fused-ring (bicyclic) bond motifs is 1. The maximum Gasteiger partial charge on any atom is 0.123 e. The fraction of sp³-hybridized carbons (Fsp3) is 0.625. The molecule has 4 heteroatoms. The van der Waals surface area contributed by atoms with Gasteiger partial charge in [-0.1, -0.05) is 18.2 Å². The lowest BCUT2D eigenvalue weighted by Crippen LogP contribution is -2.30. The molecule has 110 valence electrons. The van der Waals surface area contributed by atoms with E-state index in [-0.39, 0.29) is 0 Å². The molecule has 2 aliphatic heterocycles. The predicted octanol–water partition coefficient (Wildman–Crippen LogP) is 2.08. The predicted molar refractivity (Wildman–Crippen MR) is 77.0 cm³/mol. The Hall–Kier alpha value is -1.10. The Kier molecular flexibility index (Phi) is 4.90. The molecule has 0 amide bonds. The number of nitrogens with zero attached hydrogens (tertiary/aromatic N) is 1. The van der Waals surface area contributed by atoms with Crippen LogP contribution < -0.4 is 4.74 Å². The van der Waals surface area contributed by atoms with Crippen molar-refractivity contribution in [3.63, 3.8) is 0 Å². The lowest BCUT2D eigenvalue weighted by molar-refractivity contribution is 0.00960. The molecule has 1 fully saturated rings. The summed E-state index contributed by atoms with van der Waals surface area (Å²) < 4.78 is 17.1. The summed E-state index contributed by atoms with van der Waals surface area (Å²) in [7, 11) is 0. The Morgan fingerprint density at radius 2 is 2.20 bits per heavy atom. The van der Waals surface area contributed by atoms with Crippen LogP contribution in [0.25, 0.3) is 0 Å². The van der Waals surface area contributed by atoms with Crippen molar-refractivity contribution in [3.8, 4) is 5.75 Å². The van der Waals surface area contributed by atoms with Crippen LogP contribution in [0.1, 0.15) is 18.4 Å². The maximum absolute atomic E-state index is 5.76. The molecule has 2 aliphatic rings. The number of para-hydroxylation sites is 1. The molecule has 1 atom stereocenters. The third-order valence-electron chi connectivity index (χ3n) is 3.91. The largest absolute Gasteiger partial charge is 0.492 e. The van der Waals surface area contributed by atoms with Gasteiger partial charge in [0.15, 0.2) is 0 Å². The Bertz CT molecular complexity index is 418. The highest BCUT2D eigenvalue weighted by atomic mass is 16.5. The van der Waals surface area contributed by atoms with Crippen LogP contribution in [0.15, 0.2) is 24.3 Å². The smallest absolute Gasteiger partial charge is 0.123 e. The quantitative estimate of drug-likeness (QED) is 0.771. The maximum atomic E-state index is 5.76. The van der Waals surface area contributed by atoms with Gasteiger partial charge in [0.1, 0.15) is 12.4 Å². The Morgan fingerprint density at radius 1 is 1.25 bits per heavy atom. The van der Waals surface area contributed by atoms with Crippen molar-refractivity contribution in [1.29, 1.82) is 0 Å². The molecule has 0 aliphatic carbocycles. The molecule has 1 aromatic rings. The summed E-state index contributed by atoms with van der Waals surface area (Å²) >= 11 is 0. The molecule has 1 saturated heterocycles. The van der Waals surface area contributed by atoms with E-state index in [1.807, 2.05) is 12.1 Å². The highest BCUT2D eigenvalue weighted by molar-refractivity contribution is 5.33. The van der Waals surface area contributed by atoms with Gasteiger partial charge in [-0.25, -0.2) is 0 Å². The lowest BCUT2D eigenvalue weighted by atomic mass is 10.2. The molecule has 0 N–H and O–H groups in total. The van der Waals surface area contributed by atoms with Crippen molar-refractivity contribution in [1.82, 2.24) is 4.90 Å². The van der Waals surface area contributed by atoms with E-state index in [0.29, 0.717) is 6.10 Å². The fourth-order valence-electron chi connectivity index (χ4n) is 2.75. The SMILES string of the molecule is c1ccc2c(c1)CN(CCOC[C@H]1CCCO1)CCO2. The van der Waals surface area contributed by atoms with Crippen LogP contribution in [0.4, 0.5) is 0 Å². The molecular formula is C16H23NO3. The van der Waals surface area contributed by atoms with Gasteiger partial charge in [-0.3, -0.25) is 4.90 Å². The Balaban J connectivity index is 1.41. The zero-order valence-corrected chi connectivity index (χ0v) is 11.9. The number of ether oxygens (including phenoxy) is 3. The first kappa shape index (κ1) is 13.9. The Labute approximate surface area is 120 Å². The van der Waals surface area contributed by atoms with Crippen LogP contribution in [-0.2, 0) is 16.0 Å². The second-order valence-electron chi connectivity index (χ2n) is 5.44. The minimum atomic E-state index is 0.322. The Morgan fingerprint density at radius 3 is 3.10 bits per heavy atom. The van der Waals surface area contributed by atoms with E-state index in [1.165, 1.54) is 12.0 Å². The molecule has 0 unspecified atom stereocenters. The van der Waals surface area contributed by atoms with Gasteiger partial charge in [-0.05, 0) is 18.9 Å². The molecule has 4 nitrogen and oxygen atoms in total. The summed E-state index contributed by atoms with van der Waals surface area (Å²) in [6, 6.07) is 8.28. The zero-order valence-electron chi connectivity index (χ0n) is 11.9. The molecule has 0 bridgehead atoms. The normalized spacial score (nSPS) is 23.1. The molecule has 0 saturated carbocycles. The molecule has 1 aromatic carbocycles. The number of rotatable bonds is 5. The van der Waals surface area contributed by atoms with Crippen molar-refractivity contribution in [2.45, 2.75) is 25.5 Å². The summed E-state index contributed by atoms with van der Waals surface area (Å²) in [6.45, 7) is 6.00. The second-order valence-corrected chi connectivity index (χ2v) is 5.44. The summed E-state index contributed by atoms with van der Waals surface area (Å²) in [6.07, 6.45) is 2.64. The molecule has 0 spiro atoms. The van der Waals surface area contributed by atoms with Crippen molar-refractivity contribution >= 4 is 0 Å². The monoisotopic (exact) mass is 277 g/mol. The van der Waals surface area contributed by atoms with E-state index >= 15 is 0 Å². The number of hydrogen-bond donors (Lipinski definition) is 0. The minimum absolute atomic E-state index is 0.322. The van der Waals surface area contributed by atoms with Crippen LogP contribution in [0.2, 0.25) is 0 Å². The number of benzene rings is 1. The molecule has 20 heavy (non-hydrogen) atoms. The minimum Gasteiger partial charge on any atom is -0.492 e. The third-order valence-corrected chi connectivity index (χ3v) is 3.91. The second kappa shape index (κ2) is 7.07. The summed E-state index contributed by atoms with van der Waals surface area (Å²) in [4.78, 5) is 2.39. The first-order chi connectivity index (χ1) is 9.92. The van der Waals surface area contributed by atoms with E-state index in [0.717, 1.165) is 58.2 Å². The van der Waals surface area contributed by atoms with Crippen molar-refractivity contribution < 1.29 is 14.2 Å². The highest BCUT2D eigenvalue weighted by Crippen LogP contribution is 2.22. The van der Waals surface area contributed by atoms with Gasteiger partial charge in [0.2, 0.25) is 0 Å². The lowest BCUT2D eigenvalue weighted by Gasteiger charge is -2.19. The first-order valence-electron chi connectivity index (χ1n) is 7.54. The summed E-state index contributed by atoms with van der Waals surface area (Å²) in [5.41, 5.74) is 1.27. The third kappa shape index (κ3) is 3.72. The van der Waals surface area contributed by atoms with Crippen molar-refractivity contribution in [2.75, 3.05) is 39.5 Å². The van der Waals surface area contributed by atoms with E-state index in [4.69, 9.17) is 14.2 Å². The highest BCUT2D eigenvalue weighted by Gasteiger charge is 2.17. The van der Waals surface area contributed by atoms with Crippen LogP contribution in [0.3, 0.4) is 0 Å². The van der Waals surface area contributed by atoms with E-state index in [9.17, 15) is 0 Å². The van der Waals surface area contributed by atoms with Gasteiger partial charge < -0.3 is 14.2 Å². The van der Waals surface area contributed by atoms with Crippen molar-refractivity contribution in [2.24, 2.45) is 0 Å². The average molecular weight is 277 g/mol. The fourth-order valence-corrected chi connectivity index (χ4v) is 2.75. The van der Waals surface area contributed by atoms with Gasteiger partial charge in [-0.2, -0.15) is 0 Å². The van der Waals surface area contributed by atoms with E-state index < -0.39 is 0 Å². The average Bonchev–Trinajstić information content (AvgIpc) is 2.89. The van der Waals surface area contributed by atoms with Crippen LogP contribution in [-0.4, -0.2) is 50.5 Å². The first-order valence-corrected chi connectivity index (χ1v) is 7.54. The van der Waals surface area contributed by atoms with Crippen molar-refractivity contribution in [3.05, 3.63) is 29.8 Å². The summed E-state index contributed by atoms with van der Waals surface area (Å²) in [5.74, 6) is 1.02.